The molecule has 2 aromatic rings. The van der Waals surface area contributed by atoms with Gasteiger partial charge in [-0.3, -0.25) is 9.59 Å². The number of phenols is 1. The second-order valence-corrected chi connectivity index (χ2v) is 3.84. The normalized spacial score (nSPS) is 9.00. The number of carbonyl (C=O) groups is 2. The second kappa shape index (κ2) is 9.14. The molecule has 0 aliphatic carbocycles. The summed E-state index contributed by atoms with van der Waals surface area (Å²) in [6.45, 7) is -0.0310. The van der Waals surface area contributed by atoms with Crippen LogP contribution in [0.3, 0.4) is 0 Å². The summed E-state index contributed by atoms with van der Waals surface area (Å²) < 4.78 is 10.1. The van der Waals surface area contributed by atoms with Crippen molar-refractivity contribution in [2.24, 2.45) is 0 Å². The number of carbonyl (C=O) groups excluding carboxylic acids is 2. The van der Waals surface area contributed by atoms with Crippen molar-refractivity contribution in [2.75, 3.05) is 13.7 Å². The number of aromatic hydroxyl groups is 1. The summed E-state index contributed by atoms with van der Waals surface area (Å²) in [5.41, 5.74) is 0.500. The van der Waals surface area contributed by atoms with Gasteiger partial charge in [-0.15, -0.1) is 0 Å². The van der Waals surface area contributed by atoms with E-state index in [0.717, 1.165) is 0 Å². The Morgan fingerprint density at radius 1 is 1.10 bits per heavy atom. The minimum absolute atomic E-state index is 0. The lowest BCUT2D eigenvalue weighted by Gasteiger charge is -2.08. The van der Waals surface area contributed by atoms with Crippen LogP contribution < -0.4 is 9.47 Å². The Morgan fingerprint density at radius 2 is 1.81 bits per heavy atom. The maximum Gasteiger partial charge on any atom is 0.161 e. The number of para-hydroxylation sites is 1. The van der Waals surface area contributed by atoms with Gasteiger partial charge in [-0.25, -0.2) is 0 Å². The number of rotatable bonds is 5. The highest BCUT2D eigenvalue weighted by Gasteiger charge is 2.04. The van der Waals surface area contributed by atoms with Crippen molar-refractivity contribution in [3.8, 4) is 17.2 Å². The van der Waals surface area contributed by atoms with Gasteiger partial charge in [0.05, 0.1) is 7.11 Å². The lowest BCUT2D eigenvalue weighted by molar-refractivity contribution is -0.109. The molecule has 0 aromatic heterocycles. The number of hydrogen-bond acceptors (Lipinski definition) is 5. The minimum Gasteiger partial charge on any atom is -0.508 e. The zero-order chi connectivity index (χ0) is 15.5. The third-order valence-electron chi connectivity index (χ3n) is 2.39. The molecule has 2 aromatic carbocycles. The van der Waals surface area contributed by atoms with Crippen LogP contribution in [0.15, 0.2) is 48.5 Å². The summed E-state index contributed by atoms with van der Waals surface area (Å²) in [5.74, 6) is 1.21. The summed E-state index contributed by atoms with van der Waals surface area (Å²) in [4.78, 5) is 20.5. The molecule has 0 saturated carbocycles. The first-order valence-electron chi connectivity index (χ1n) is 6.15. The largest absolute Gasteiger partial charge is 0.508 e. The number of aldehydes is 2. The molecule has 0 radical (unpaired) electrons. The highest BCUT2D eigenvalue weighted by atomic mass is 16.5. The summed E-state index contributed by atoms with van der Waals surface area (Å²) in [6, 6.07) is 13.4. The summed E-state index contributed by atoms with van der Waals surface area (Å²) >= 11 is 0. The molecule has 5 nitrogen and oxygen atoms in total. The Morgan fingerprint density at radius 3 is 2.29 bits per heavy atom. The molecule has 0 aliphatic heterocycles. The van der Waals surface area contributed by atoms with Gasteiger partial charge in [-0.1, -0.05) is 18.2 Å². The summed E-state index contributed by atoms with van der Waals surface area (Å²) in [7, 11) is 1.47. The van der Waals surface area contributed by atoms with E-state index in [1.54, 1.807) is 42.5 Å². The molecule has 0 heterocycles. The van der Waals surface area contributed by atoms with Crippen molar-refractivity contribution >= 4 is 12.6 Å². The maximum absolute atomic E-state index is 10.4. The van der Waals surface area contributed by atoms with Crippen LogP contribution in [-0.2, 0) is 4.79 Å². The van der Waals surface area contributed by atoms with Gasteiger partial charge in [-0.05, 0) is 30.3 Å². The molecule has 1 N–H and O–H groups in total. The molecule has 0 fully saturated rings. The topological polar surface area (TPSA) is 72.8 Å². The molecule has 2 rings (SSSR count). The smallest absolute Gasteiger partial charge is 0.161 e. The predicted octanol–water partition coefficient (Wildman–Crippen LogP) is 2.72. The molecule has 0 unspecified atom stereocenters. The predicted molar refractivity (Wildman–Crippen MR) is 80.2 cm³/mol. The van der Waals surface area contributed by atoms with Crippen LogP contribution in [0.5, 0.6) is 17.2 Å². The van der Waals surface area contributed by atoms with Gasteiger partial charge in [-0.2, -0.15) is 0 Å². The Labute approximate surface area is 124 Å². The van der Waals surface area contributed by atoms with Crippen molar-refractivity contribution in [3.05, 3.63) is 54.1 Å². The number of benzene rings is 2. The van der Waals surface area contributed by atoms with Gasteiger partial charge < -0.3 is 14.6 Å². The monoisotopic (exact) mass is 291 g/mol. The molecule has 0 aliphatic rings. The lowest BCUT2D eigenvalue weighted by Crippen LogP contribution is -2.00. The van der Waals surface area contributed by atoms with Gasteiger partial charge in [0, 0.05) is 6.99 Å². The van der Waals surface area contributed by atoms with Crippen molar-refractivity contribution in [2.45, 2.75) is 0 Å². The fourth-order valence-corrected chi connectivity index (χ4v) is 1.43. The van der Waals surface area contributed by atoms with E-state index in [-0.39, 0.29) is 8.03 Å². The van der Waals surface area contributed by atoms with Crippen LogP contribution in [0.2, 0.25) is 0 Å². The fraction of sp³-hybridized carbons (Fsp3) is 0.125. The fourth-order valence-electron chi connectivity index (χ4n) is 1.43. The quantitative estimate of drug-likeness (QED) is 0.857. The zero-order valence-electron chi connectivity index (χ0n) is 11.6. The Hall–Kier alpha value is -2.82. The van der Waals surface area contributed by atoms with E-state index in [9.17, 15) is 9.59 Å². The lowest BCUT2D eigenvalue weighted by atomic mass is 10.2. The van der Waals surface area contributed by atoms with E-state index in [4.69, 9.17) is 14.6 Å². The van der Waals surface area contributed by atoms with Gasteiger partial charge in [0.15, 0.2) is 17.8 Å². The van der Waals surface area contributed by atoms with E-state index in [0.29, 0.717) is 35.4 Å². The first kappa shape index (κ1) is 16.2. The van der Waals surface area contributed by atoms with Crippen LogP contribution in [0.1, 0.15) is 11.8 Å². The molecular weight excluding hydrogens is 272 g/mol. The molecule has 112 valence electrons. The number of methoxy groups -OCH3 is 1. The van der Waals surface area contributed by atoms with Crippen molar-refractivity contribution in [1.82, 2.24) is 0 Å². The maximum atomic E-state index is 10.4. The van der Waals surface area contributed by atoms with Crippen molar-refractivity contribution in [3.63, 3.8) is 0 Å². The van der Waals surface area contributed by atoms with E-state index in [1.807, 2.05) is 6.07 Å². The number of ether oxygens (including phenoxy) is 2. The third-order valence-corrected chi connectivity index (χ3v) is 2.39. The van der Waals surface area contributed by atoms with Crippen LogP contribution >= 0.6 is 0 Å². The van der Waals surface area contributed by atoms with Gasteiger partial charge in [0.25, 0.3) is 0 Å². The highest BCUT2D eigenvalue weighted by Crippen LogP contribution is 2.27. The first-order valence-corrected chi connectivity index (χ1v) is 6.15. The Bertz CT molecular complexity index is 572. The molecule has 0 spiro atoms. The van der Waals surface area contributed by atoms with E-state index >= 15 is 0 Å². The Kier molecular flexibility index (Phi) is 7.07. The molecule has 0 saturated heterocycles. The van der Waals surface area contributed by atoms with Crippen molar-refractivity contribution in [1.29, 1.82) is 0 Å². The van der Waals surface area contributed by atoms with Crippen LogP contribution in [0, 0.1) is 0 Å². The third kappa shape index (κ3) is 5.78. The van der Waals surface area contributed by atoms with Crippen LogP contribution in [-0.4, -0.2) is 31.4 Å². The number of hydrogen-bond donors (Lipinski definition) is 1. The molecule has 21 heavy (non-hydrogen) atoms. The first-order chi connectivity index (χ1) is 10.2. The average Bonchev–Trinajstić information content (AvgIpc) is 2.54. The van der Waals surface area contributed by atoms with Gasteiger partial charge >= 0.3 is 0 Å². The van der Waals surface area contributed by atoms with Gasteiger partial charge in [0.1, 0.15) is 18.6 Å². The molecule has 0 bridgehead atoms. The van der Waals surface area contributed by atoms with Crippen LogP contribution in [0.25, 0.3) is 0 Å². The minimum atomic E-state index is -0.0310. The number of phenolic OH excluding ortho intramolecular Hbond substituents is 1. The summed E-state index contributed by atoms with van der Waals surface area (Å²) in [5, 5.41) is 8.63. The summed E-state index contributed by atoms with van der Waals surface area (Å²) in [6.07, 6.45) is 1.36. The SMILES string of the molecule is COc1cc(C=O)ccc1OCC=O.Oc1ccccc1.[2HH]. The Balaban J connectivity index is 0.000000465. The van der Waals surface area contributed by atoms with Crippen molar-refractivity contribution < 1.29 is 25.6 Å². The molecule has 0 atom stereocenters. The van der Waals surface area contributed by atoms with E-state index < -0.39 is 0 Å². The van der Waals surface area contributed by atoms with Gasteiger partial charge in [0.2, 0.25) is 0 Å². The molecule has 5 heteroatoms. The standard InChI is InChI=1S/C10H10O4.C6H6O.H2/c1-13-10-6-8(7-12)2-3-9(10)14-5-4-11;7-6-4-2-1-3-5-6;/h2-4,6-7H,5H2,1H3;1-5,7H;1H/i;;1+1. The average molecular weight is 291 g/mol. The molecular formula is C16H18O5. The zero-order valence-corrected chi connectivity index (χ0v) is 11.6. The van der Waals surface area contributed by atoms with E-state index in [1.165, 1.54) is 7.11 Å². The van der Waals surface area contributed by atoms with E-state index in [2.05, 4.69) is 0 Å². The van der Waals surface area contributed by atoms with Crippen LogP contribution in [0.4, 0.5) is 0 Å². The molecule has 0 amide bonds. The second-order valence-electron chi connectivity index (χ2n) is 3.84. The highest BCUT2D eigenvalue weighted by molar-refractivity contribution is 5.76.